The Kier molecular flexibility index (Phi) is 4.68. The molecule has 2 rings (SSSR count). The van der Waals surface area contributed by atoms with Crippen LogP contribution in [0.2, 0.25) is 0 Å². The van der Waals surface area contributed by atoms with Crippen molar-refractivity contribution in [2.75, 3.05) is 6.54 Å². The molecule has 0 aliphatic heterocycles. The molecule has 2 aromatic rings. The number of hydrogen-bond donors (Lipinski definition) is 2. The molecule has 0 saturated carbocycles. The molecule has 1 aromatic carbocycles. The van der Waals surface area contributed by atoms with Gasteiger partial charge in [-0.05, 0) is 30.5 Å². The number of aryl methyl sites for hydroxylation is 2. The summed E-state index contributed by atoms with van der Waals surface area (Å²) in [6, 6.07) is 9.10. The smallest absolute Gasteiger partial charge is 0.265 e. The van der Waals surface area contributed by atoms with Crippen LogP contribution in [0.5, 0.6) is 0 Å². The van der Waals surface area contributed by atoms with Crippen LogP contribution in [0.3, 0.4) is 0 Å². The Morgan fingerprint density at radius 2 is 2.00 bits per heavy atom. The van der Waals surface area contributed by atoms with Gasteiger partial charge >= 0.3 is 0 Å². The van der Waals surface area contributed by atoms with Gasteiger partial charge in [-0.25, -0.2) is 13.1 Å². The van der Waals surface area contributed by atoms with Crippen LogP contribution in [0.1, 0.15) is 21.6 Å². The highest BCUT2D eigenvalue weighted by Gasteiger charge is 2.19. The number of aromatic nitrogens is 1. The molecule has 0 aliphatic rings. The summed E-state index contributed by atoms with van der Waals surface area (Å²) in [5.41, 5.74) is 7.56. The van der Waals surface area contributed by atoms with E-state index in [9.17, 15) is 13.2 Å². The van der Waals surface area contributed by atoms with Crippen molar-refractivity contribution in [3.05, 3.63) is 53.3 Å². The second kappa shape index (κ2) is 6.33. The Morgan fingerprint density at radius 1 is 1.32 bits per heavy atom. The average Bonchev–Trinajstić information content (AvgIpc) is 2.84. The fourth-order valence-electron chi connectivity index (χ4n) is 2.22. The molecule has 1 heterocycles. The van der Waals surface area contributed by atoms with Crippen LogP contribution in [0.4, 0.5) is 0 Å². The molecular weight excluding hydrogens is 302 g/mol. The summed E-state index contributed by atoms with van der Waals surface area (Å²) in [7, 11) is -2.08. The van der Waals surface area contributed by atoms with Crippen molar-refractivity contribution < 1.29 is 13.2 Å². The molecule has 22 heavy (non-hydrogen) atoms. The summed E-state index contributed by atoms with van der Waals surface area (Å²) in [6.07, 6.45) is 1.97. The minimum absolute atomic E-state index is 0.0357. The number of nitrogens with zero attached hydrogens (tertiary/aromatic N) is 1. The van der Waals surface area contributed by atoms with E-state index in [1.807, 2.05) is 31.2 Å². The van der Waals surface area contributed by atoms with Crippen molar-refractivity contribution in [2.24, 2.45) is 12.8 Å². The van der Waals surface area contributed by atoms with Gasteiger partial charge in [0.2, 0.25) is 10.0 Å². The first-order chi connectivity index (χ1) is 10.3. The highest BCUT2D eigenvalue weighted by molar-refractivity contribution is 7.89. The average molecular weight is 321 g/mol. The largest absolute Gasteiger partial charge is 0.364 e. The lowest BCUT2D eigenvalue weighted by Crippen LogP contribution is -2.25. The number of carbonyl (C=O) groups excluding carboxylic acids is 1. The number of rotatable bonds is 6. The van der Waals surface area contributed by atoms with Crippen LogP contribution in [0.25, 0.3) is 0 Å². The maximum absolute atomic E-state index is 12.2. The second-order valence-electron chi connectivity index (χ2n) is 5.11. The van der Waals surface area contributed by atoms with Gasteiger partial charge in [-0.15, -0.1) is 0 Å². The zero-order valence-corrected chi connectivity index (χ0v) is 13.4. The minimum Gasteiger partial charge on any atom is -0.364 e. The first-order valence-corrected chi connectivity index (χ1v) is 8.30. The van der Waals surface area contributed by atoms with E-state index in [-0.39, 0.29) is 17.1 Å². The first-order valence-electron chi connectivity index (χ1n) is 6.81. The lowest BCUT2D eigenvalue weighted by molar-refractivity contribution is 0.0992. The van der Waals surface area contributed by atoms with Gasteiger partial charge in [0.05, 0.1) is 0 Å². The van der Waals surface area contributed by atoms with Crippen LogP contribution in [-0.4, -0.2) is 25.4 Å². The van der Waals surface area contributed by atoms with Crippen molar-refractivity contribution in [1.82, 2.24) is 9.29 Å². The number of nitrogens with two attached hydrogens (primary N) is 1. The molecule has 0 saturated heterocycles. The maximum Gasteiger partial charge on any atom is 0.265 e. The third kappa shape index (κ3) is 3.55. The predicted octanol–water partition coefficient (Wildman–Crippen LogP) is 0.953. The molecule has 0 unspecified atom stereocenters. The highest BCUT2D eigenvalue weighted by atomic mass is 32.2. The lowest BCUT2D eigenvalue weighted by Gasteiger charge is -2.07. The number of primary amides is 1. The van der Waals surface area contributed by atoms with Crippen molar-refractivity contribution >= 4 is 15.9 Å². The zero-order chi connectivity index (χ0) is 16.3. The molecule has 0 spiro atoms. The van der Waals surface area contributed by atoms with E-state index in [1.54, 1.807) is 7.05 Å². The molecule has 118 valence electrons. The third-order valence-corrected chi connectivity index (χ3v) is 4.92. The summed E-state index contributed by atoms with van der Waals surface area (Å²) >= 11 is 0. The SMILES string of the molecule is Cc1ccccc1CCNS(=O)(=O)c1cc(C(N)=O)n(C)c1. The molecule has 1 aromatic heterocycles. The number of benzene rings is 1. The molecule has 7 heteroatoms. The van der Waals surface area contributed by atoms with E-state index < -0.39 is 15.9 Å². The quantitative estimate of drug-likeness (QED) is 0.829. The Hall–Kier alpha value is -2.12. The van der Waals surface area contributed by atoms with Gasteiger partial charge in [0, 0.05) is 19.8 Å². The van der Waals surface area contributed by atoms with Gasteiger partial charge < -0.3 is 10.3 Å². The monoisotopic (exact) mass is 321 g/mol. The fourth-order valence-corrected chi connectivity index (χ4v) is 3.32. The summed E-state index contributed by atoms with van der Waals surface area (Å²) in [5.74, 6) is -0.663. The summed E-state index contributed by atoms with van der Waals surface area (Å²) in [6.45, 7) is 2.27. The van der Waals surface area contributed by atoms with E-state index in [0.717, 1.165) is 11.1 Å². The zero-order valence-electron chi connectivity index (χ0n) is 12.5. The van der Waals surface area contributed by atoms with Crippen molar-refractivity contribution in [3.8, 4) is 0 Å². The molecule has 3 N–H and O–H groups in total. The number of carbonyl (C=O) groups is 1. The van der Waals surface area contributed by atoms with Gasteiger partial charge in [-0.1, -0.05) is 24.3 Å². The van der Waals surface area contributed by atoms with Crippen LogP contribution in [0.15, 0.2) is 41.4 Å². The minimum atomic E-state index is -3.66. The van der Waals surface area contributed by atoms with Gasteiger partial charge in [0.25, 0.3) is 5.91 Å². The second-order valence-corrected chi connectivity index (χ2v) is 6.88. The molecule has 0 bridgehead atoms. The Bertz CT molecular complexity index is 794. The first kappa shape index (κ1) is 16.3. The summed E-state index contributed by atoms with van der Waals surface area (Å²) in [5, 5.41) is 0. The van der Waals surface area contributed by atoms with Gasteiger partial charge in [-0.2, -0.15) is 0 Å². The number of sulfonamides is 1. The van der Waals surface area contributed by atoms with E-state index in [1.165, 1.54) is 16.8 Å². The van der Waals surface area contributed by atoms with Crippen molar-refractivity contribution in [3.63, 3.8) is 0 Å². The Balaban J connectivity index is 2.07. The van der Waals surface area contributed by atoms with Crippen LogP contribution in [0, 0.1) is 6.92 Å². The molecule has 1 amide bonds. The molecule has 0 aliphatic carbocycles. The molecule has 6 nitrogen and oxygen atoms in total. The molecule has 0 atom stereocenters. The highest BCUT2D eigenvalue weighted by Crippen LogP contribution is 2.13. The van der Waals surface area contributed by atoms with E-state index >= 15 is 0 Å². The van der Waals surface area contributed by atoms with Gasteiger partial charge in [0.15, 0.2) is 0 Å². The van der Waals surface area contributed by atoms with Crippen molar-refractivity contribution in [2.45, 2.75) is 18.2 Å². The number of amides is 1. The van der Waals surface area contributed by atoms with Crippen molar-refractivity contribution in [1.29, 1.82) is 0 Å². The standard InChI is InChI=1S/C15H19N3O3S/c1-11-5-3-4-6-12(11)7-8-17-22(20,21)13-9-14(15(16)19)18(2)10-13/h3-6,9-10,17H,7-8H2,1-2H3,(H2,16,19). The Morgan fingerprint density at radius 3 is 2.59 bits per heavy atom. The van der Waals surface area contributed by atoms with Crippen LogP contribution in [-0.2, 0) is 23.5 Å². The molecule has 0 radical (unpaired) electrons. The third-order valence-electron chi connectivity index (χ3n) is 3.49. The molecule has 0 fully saturated rings. The Labute approximate surface area is 130 Å². The van der Waals surface area contributed by atoms with Gasteiger partial charge in [0.1, 0.15) is 10.6 Å². The molecular formula is C15H19N3O3S. The van der Waals surface area contributed by atoms with Gasteiger partial charge in [-0.3, -0.25) is 4.79 Å². The predicted molar refractivity (Wildman–Crippen MR) is 84.0 cm³/mol. The number of hydrogen-bond acceptors (Lipinski definition) is 3. The number of nitrogens with one attached hydrogen (secondary N) is 1. The van der Waals surface area contributed by atoms with E-state index in [0.29, 0.717) is 6.42 Å². The topological polar surface area (TPSA) is 94.2 Å². The van der Waals surface area contributed by atoms with E-state index in [4.69, 9.17) is 5.73 Å². The normalized spacial score (nSPS) is 11.5. The summed E-state index contributed by atoms with van der Waals surface area (Å²) < 4.78 is 28.4. The maximum atomic E-state index is 12.2. The lowest BCUT2D eigenvalue weighted by atomic mass is 10.1. The van der Waals surface area contributed by atoms with Crippen LogP contribution < -0.4 is 10.5 Å². The fraction of sp³-hybridized carbons (Fsp3) is 0.267. The summed E-state index contributed by atoms with van der Waals surface area (Å²) in [4.78, 5) is 11.2. The van der Waals surface area contributed by atoms with E-state index in [2.05, 4.69) is 4.72 Å². The van der Waals surface area contributed by atoms with Crippen LogP contribution >= 0.6 is 0 Å².